The average molecular weight is 292 g/mol. The van der Waals surface area contributed by atoms with Crippen LogP contribution in [0.25, 0.3) is 0 Å². The van der Waals surface area contributed by atoms with E-state index in [-0.39, 0.29) is 24.0 Å². The molecule has 7 heteroatoms. The zero-order valence-corrected chi connectivity index (χ0v) is 12.2. The van der Waals surface area contributed by atoms with E-state index in [0.29, 0.717) is 31.5 Å². The number of nitrogens with two attached hydrogens (primary N) is 1. The number of hydrogen-bond acceptors (Lipinski definition) is 6. The molecule has 1 aromatic rings. The first-order chi connectivity index (χ1) is 8.65. The van der Waals surface area contributed by atoms with E-state index in [4.69, 9.17) is 19.7 Å². The molecule has 2 N–H and O–H groups in total. The van der Waals surface area contributed by atoms with Crippen molar-refractivity contribution in [2.45, 2.75) is 44.8 Å². The quantitative estimate of drug-likeness (QED) is 0.773. The van der Waals surface area contributed by atoms with Crippen molar-refractivity contribution in [3.8, 4) is 0 Å². The highest BCUT2D eigenvalue weighted by atomic mass is 35.5. The van der Waals surface area contributed by atoms with Crippen LogP contribution in [-0.2, 0) is 15.0 Å². The molecular weight excluding hydrogens is 270 g/mol. The number of hydrogen-bond donors (Lipinski definition) is 1. The summed E-state index contributed by atoms with van der Waals surface area (Å²) in [7, 11) is 0. The summed E-state index contributed by atoms with van der Waals surface area (Å²) in [5.74, 6) is 1.09. The lowest BCUT2D eigenvalue weighted by Gasteiger charge is -2.34. The summed E-state index contributed by atoms with van der Waals surface area (Å²) in [6.45, 7) is 5.61. The lowest BCUT2D eigenvalue weighted by Crippen LogP contribution is -2.44. The molecule has 0 spiro atoms. The molecule has 0 aliphatic heterocycles. The molecule has 0 radical (unpaired) electrons. The van der Waals surface area contributed by atoms with Crippen LogP contribution in [-0.4, -0.2) is 30.0 Å². The topological polar surface area (TPSA) is 83.4 Å². The van der Waals surface area contributed by atoms with Crippen molar-refractivity contribution in [3.63, 3.8) is 0 Å². The second-order valence-corrected chi connectivity index (χ2v) is 4.68. The monoisotopic (exact) mass is 291 g/mol. The van der Waals surface area contributed by atoms with Crippen molar-refractivity contribution >= 4 is 12.4 Å². The van der Waals surface area contributed by atoms with Crippen LogP contribution in [0.2, 0.25) is 0 Å². The minimum Gasteiger partial charge on any atom is -0.379 e. The minimum atomic E-state index is -0.382. The van der Waals surface area contributed by atoms with Gasteiger partial charge in [0.15, 0.2) is 5.82 Å². The maximum absolute atomic E-state index is 6.13. The van der Waals surface area contributed by atoms with Crippen LogP contribution in [0.3, 0.4) is 0 Å². The number of halogens is 1. The largest absolute Gasteiger partial charge is 0.379 e. The van der Waals surface area contributed by atoms with E-state index in [2.05, 4.69) is 10.1 Å². The zero-order chi connectivity index (χ0) is 13.0. The molecule has 0 aromatic carbocycles. The Kier molecular flexibility index (Phi) is 6.19. The first kappa shape index (κ1) is 16.4. The Hall–Kier alpha value is -0.690. The number of rotatable bonds is 7. The molecule has 0 saturated heterocycles. The summed E-state index contributed by atoms with van der Waals surface area (Å²) >= 11 is 0. The van der Waals surface area contributed by atoms with Crippen LogP contribution in [0.15, 0.2) is 4.52 Å². The van der Waals surface area contributed by atoms with E-state index in [0.717, 1.165) is 19.3 Å². The van der Waals surface area contributed by atoms with Crippen molar-refractivity contribution in [3.05, 3.63) is 11.7 Å². The molecule has 1 saturated carbocycles. The van der Waals surface area contributed by atoms with Gasteiger partial charge in [-0.15, -0.1) is 12.4 Å². The first-order valence-electron chi connectivity index (χ1n) is 6.48. The van der Waals surface area contributed by atoms with Gasteiger partial charge in [0.05, 0.1) is 18.8 Å². The highest BCUT2D eigenvalue weighted by molar-refractivity contribution is 5.85. The predicted molar refractivity (Wildman–Crippen MR) is 72.1 cm³/mol. The molecule has 19 heavy (non-hydrogen) atoms. The van der Waals surface area contributed by atoms with Gasteiger partial charge in [-0.2, -0.15) is 4.98 Å². The fraction of sp³-hybridized carbons (Fsp3) is 0.833. The van der Waals surface area contributed by atoms with E-state index in [1.165, 1.54) is 0 Å². The fourth-order valence-corrected chi connectivity index (χ4v) is 1.88. The molecule has 110 valence electrons. The third kappa shape index (κ3) is 3.89. The summed E-state index contributed by atoms with van der Waals surface area (Å²) in [6.07, 6.45) is 2.74. The number of aromatic nitrogens is 2. The van der Waals surface area contributed by atoms with Crippen molar-refractivity contribution in [2.24, 2.45) is 5.73 Å². The minimum absolute atomic E-state index is 0. The normalized spacial score (nSPS) is 18.5. The molecule has 1 aliphatic rings. The van der Waals surface area contributed by atoms with Gasteiger partial charge in [0.2, 0.25) is 0 Å². The summed E-state index contributed by atoms with van der Waals surface area (Å²) in [5, 5.41) is 3.95. The van der Waals surface area contributed by atoms with Gasteiger partial charge in [0, 0.05) is 6.61 Å². The van der Waals surface area contributed by atoms with Gasteiger partial charge in [-0.3, -0.25) is 0 Å². The van der Waals surface area contributed by atoms with Crippen LogP contribution >= 0.6 is 12.4 Å². The summed E-state index contributed by atoms with van der Waals surface area (Å²) in [5.41, 5.74) is 5.75. The molecule has 1 aliphatic carbocycles. The molecule has 1 fully saturated rings. The van der Waals surface area contributed by atoms with E-state index < -0.39 is 0 Å². The molecule has 0 amide bonds. The van der Waals surface area contributed by atoms with Crippen LogP contribution in [0.5, 0.6) is 0 Å². The standard InChI is InChI=1S/C12H21N3O3.ClH/c1-3-16-7-8-17-9(2)10-14-11(15-18-10)12(13)5-4-6-12;/h9H,3-8,13H2,1-2H3;1H. The van der Waals surface area contributed by atoms with Gasteiger partial charge < -0.3 is 19.7 Å². The lowest BCUT2D eigenvalue weighted by molar-refractivity contribution is 0.00144. The Morgan fingerprint density at radius 3 is 2.74 bits per heavy atom. The lowest BCUT2D eigenvalue weighted by atomic mass is 9.77. The van der Waals surface area contributed by atoms with Crippen LogP contribution in [0.1, 0.15) is 50.9 Å². The van der Waals surface area contributed by atoms with Crippen molar-refractivity contribution < 1.29 is 14.0 Å². The Bertz CT molecular complexity index is 382. The smallest absolute Gasteiger partial charge is 0.255 e. The molecule has 1 unspecified atom stereocenters. The predicted octanol–water partition coefficient (Wildman–Crippen LogP) is 1.94. The van der Waals surface area contributed by atoms with Gasteiger partial charge in [0.1, 0.15) is 6.10 Å². The van der Waals surface area contributed by atoms with Crippen LogP contribution < -0.4 is 5.73 Å². The number of nitrogens with zero attached hydrogens (tertiary/aromatic N) is 2. The van der Waals surface area contributed by atoms with Gasteiger partial charge in [-0.25, -0.2) is 0 Å². The highest BCUT2D eigenvalue weighted by Gasteiger charge is 2.39. The molecule has 6 nitrogen and oxygen atoms in total. The second kappa shape index (κ2) is 7.19. The van der Waals surface area contributed by atoms with E-state index in [1.54, 1.807) is 0 Å². The van der Waals surface area contributed by atoms with Crippen molar-refractivity contribution in [2.75, 3.05) is 19.8 Å². The Balaban J connectivity index is 0.00000180. The number of ether oxygens (including phenoxy) is 2. The zero-order valence-electron chi connectivity index (χ0n) is 11.4. The Labute approximate surface area is 119 Å². The third-order valence-corrected chi connectivity index (χ3v) is 3.28. The van der Waals surface area contributed by atoms with Gasteiger partial charge in [0.25, 0.3) is 5.89 Å². The molecular formula is C12H22ClN3O3. The fourth-order valence-electron chi connectivity index (χ4n) is 1.88. The third-order valence-electron chi connectivity index (χ3n) is 3.28. The maximum Gasteiger partial charge on any atom is 0.255 e. The summed E-state index contributed by atoms with van der Waals surface area (Å²) < 4.78 is 15.9. The van der Waals surface area contributed by atoms with Crippen molar-refractivity contribution in [1.29, 1.82) is 0 Å². The highest BCUT2D eigenvalue weighted by Crippen LogP contribution is 2.37. The SMILES string of the molecule is CCOCCOC(C)c1nc(C2(N)CCC2)no1.Cl. The van der Waals surface area contributed by atoms with Crippen LogP contribution in [0.4, 0.5) is 0 Å². The van der Waals surface area contributed by atoms with Gasteiger partial charge >= 0.3 is 0 Å². The van der Waals surface area contributed by atoms with Gasteiger partial charge in [-0.05, 0) is 33.1 Å². The Morgan fingerprint density at radius 1 is 1.42 bits per heavy atom. The molecule has 1 atom stereocenters. The Morgan fingerprint density at radius 2 is 2.16 bits per heavy atom. The average Bonchev–Trinajstić information content (AvgIpc) is 2.81. The molecule has 1 heterocycles. The molecule has 0 bridgehead atoms. The summed E-state index contributed by atoms with van der Waals surface area (Å²) in [4.78, 5) is 4.33. The second-order valence-electron chi connectivity index (χ2n) is 4.68. The first-order valence-corrected chi connectivity index (χ1v) is 6.48. The van der Waals surface area contributed by atoms with Crippen molar-refractivity contribution in [1.82, 2.24) is 10.1 Å². The molecule has 2 rings (SSSR count). The van der Waals surface area contributed by atoms with Crippen LogP contribution in [0, 0.1) is 0 Å². The van der Waals surface area contributed by atoms with E-state index >= 15 is 0 Å². The summed E-state index contributed by atoms with van der Waals surface area (Å²) in [6, 6.07) is 0. The molecule has 1 aromatic heterocycles. The van der Waals surface area contributed by atoms with E-state index in [9.17, 15) is 0 Å². The maximum atomic E-state index is 6.13. The van der Waals surface area contributed by atoms with E-state index in [1.807, 2.05) is 13.8 Å². The van der Waals surface area contributed by atoms with Gasteiger partial charge in [-0.1, -0.05) is 5.16 Å².